The molecule has 0 bridgehead atoms. The number of alkyl halides is 6. The van der Waals surface area contributed by atoms with Crippen molar-refractivity contribution in [1.82, 2.24) is 24.8 Å². The maximum absolute atomic E-state index is 15.7. The molecule has 42 heavy (non-hydrogen) atoms. The van der Waals surface area contributed by atoms with E-state index in [0.29, 0.717) is 12.6 Å². The van der Waals surface area contributed by atoms with Crippen LogP contribution >= 0.6 is 0 Å². The summed E-state index contributed by atoms with van der Waals surface area (Å²) in [6.07, 6.45) is -4.85. The van der Waals surface area contributed by atoms with Gasteiger partial charge in [0.1, 0.15) is 46.7 Å². The summed E-state index contributed by atoms with van der Waals surface area (Å²) >= 11 is 0. The van der Waals surface area contributed by atoms with Gasteiger partial charge >= 0.3 is 12.2 Å². The highest BCUT2D eigenvalue weighted by Gasteiger charge is 2.39. The zero-order valence-corrected chi connectivity index (χ0v) is 22.7. The van der Waals surface area contributed by atoms with Crippen LogP contribution in [-0.2, 0) is 6.18 Å². The summed E-state index contributed by atoms with van der Waals surface area (Å²) in [6.45, 7) is 2.01. The van der Waals surface area contributed by atoms with Gasteiger partial charge in [-0.3, -0.25) is 4.90 Å². The summed E-state index contributed by atoms with van der Waals surface area (Å²) in [6, 6.07) is 1.23. The van der Waals surface area contributed by atoms with Crippen molar-refractivity contribution < 1.29 is 40.2 Å². The lowest BCUT2D eigenvalue weighted by molar-refractivity contribution is -0.137. The number of halogens is 7. The topological polar surface area (TPSA) is 103 Å². The number of hydrogen-bond acceptors (Lipinski definition) is 9. The van der Waals surface area contributed by atoms with E-state index in [9.17, 15) is 26.3 Å². The van der Waals surface area contributed by atoms with Gasteiger partial charge in [0, 0.05) is 12.6 Å². The molecular formula is C26H28F7N7O2. The molecule has 2 fully saturated rings. The number of ether oxygens (including phenoxy) is 2. The van der Waals surface area contributed by atoms with Gasteiger partial charge in [0.05, 0.1) is 25.8 Å². The molecule has 0 radical (unpaired) electrons. The molecule has 228 valence electrons. The molecule has 2 atom stereocenters. The number of nitrogens with two attached hydrogens (primary N) is 1. The second kappa shape index (κ2) is 11.5. The van der Waals surface area contributed by atoms with Gasteiger partial charge in [0.25, 0.3) is 6.43 Å². The molecule has 0 spiro atoms. The van der Waals surface area contributed by atoms with Crippen LogP contribution in [0.1, 0.15) is 30.4 Å². The van der Waals surface area contributed by atoms with E-state index in [4.69, 9.17) is 15.2 Å². The number of pyridine rings is 2. The van der Waals surface area contributed by atoms with Crippen LogP contribution in [-0.4, -0.2) is 83.4 Å². The van der Waals surface area contributed by atoms with Crippen LogP contribution in [0.4, 0.5) is 42.4 Å². The highest BCUT2D eigenvalue weighted by Crippen LogP contribution is 2.43. The Hall–Kier alpha value is -3.69. The molecule has 9 nitrogen and oxygen atoms in total. The van der Waals surface area contributed by atoms with Crippen LogP contribution in [0.3, 0.4) is 0 Å². The number of hydrogen-bond donors (Lipinski definition) is 1. The average Bonchev–Trinajstić information content (AvgIpc) is 3.43. The Balaban J connectivity index is 0.000000330. The van der Waals surface area contributed by atoms with Crippen LogP contribution in [0.2, 0.25) is 0 Å². The number of fused-ring (bicyclic) bond motifs is 1. The van der Waals surface area contributed by atoms with Crippen LogP contribution in [0.5, 0.6) is 11.9 Å². The molecular weight excluding hydrogens is 575 g/mol. The van der Waals surface area contributed by atoms with Gasteiger partial charge in [-0.15, -0.1) is 0 Å². The lowest BCUT2D eigenvalue weighted by Gasteiger charge is -2.22. The molecule has 0 saturated carbocycles. The Morgan fingerprint density at radius 3 is 2.57 bits per heavy atom. The monoisotopic (exact) mass is 603 g/mol. The second-order valence-electron chi connectivity index (χ2n) is 10.2. The predicted molar refractivity (Wildman–Crippen MR) is 139 cm³/mol. The molecule has 0 amide bonds. The number of aryl methyl sites for hydroxylation is 1. The summed E-state index contributed by atoms with van der Waals surface area (Å²) in [5.41, 5.74) is 1.92. The van der Waals surface area contributed by atoms with Gasteiger partial charge < -0.3 is 20.1 Å². The van der Waals surface area contributed by atoms with E-state index >= 15 is 4.39 Å². The molecule has 3 aromatic rings. The van der Waals surface area contributed by atoms with Crippen molar-refractivity contribution in [3.8, 4) is 23.3 Å². The summed E-state index contributed by atoms with van der Waals surface area (Å²) in [4.78, 5) is 19.0. The molecule has 2 unspecified atom stereocenters. The fourth-order valence-corrected chi connectivity index (χ4v) is 5.64. The predicted octanol–water partition coefficient (Wildman–Crippen LogP) is 4.80. The van der Waals surface area contributed by atoms with Gasteiger partial charge in [-0.05, 0) is 44.4 Å². The first-order valence-corrected chi connectivity index (χ1v) is 13.2. The van der Waals surface area contributed by atoms with E-state index in [-0.39, 0.29) is 47.6 Å². The smallest absolute Gasteiger partial charge is 0.418 e. The lowest BCUT2D eigenvalue weighted by Crippen LogP contribution is -2.32. The van der Waals surface area contributed by atoms with Crippen LogP contribution in [0.15, 0.2) is 6.07 Å². The Labute approximate surface area is 235 Å². The summed E-state index contributed by atoms with van der Waals surface area (Å²) in [5, 5.41) is -0.176. The van der Waals surface area contributed by atoms with E-state index in [2.05, 4.69) is 24.8 Å². The zero-order valence-electron chi connectivity index (χ0n) is 22.7. The van der Waals surface area contributed by atoms with E-state index in [1.165, 1.54) is 20.0 Å². The van der Waals surface area contributed by atoms with E-state index in [0.717, 1.165) is 30.9 Å². The number of nitrogen functional groups attached to an aromatic ring is 1. The Bertz CT molecular complexity index is 1460. The SMILES string of the molecule is COc1nc2c3c(nc(-c4nc(N)cc(C)c4C(F)(F)F)c(F)c3n1)OCCN2CC(F)F.FC1CC2CCCN2C1. The van der Waals surface area contributed by atoms with Gasteiger partial charge in [-0.25, -0.2) is 27.5 Å². The van der Waals surface area contributed by atoms with Crippen LogP contribution < -0.4 is 20.1 Å². The minimum absolute atomic E-state index is 0.0731. The van der Waals surface area contributed by atoms with Gasteiger partial charge in [-0.2, -0.15) is 23.1 Å². The first kappa shape index (κ1) is 29.8. The number of aromatic nitrogens is 4. The summed E-state index contributed by atoms with van der Waals surface area (Å²) < 4.78 is 106. The molecule has 2 saturated heterocycles. The molecule has 0 aliphatic carbocycles. The molecule has 6 heterocycles. The normalized spacial score (nSPS) is 20.3. The maximum atomic E-state index is 15.7. The van der Waals surface area contributed by atoms with Crippen molar-refractivity contribution >= 4 is 22.5 Å². The quantitative estimate of drug-likeness (QED) is 0.422. The van der Waals surface area contributed by atoms with E-state index in [1.54, 1.807) is 0 Å². The molecule has 6 rings (SSSR count). The minimum Gasteiger partial charge on any atom is -0.475 e. The molecule has 2 N–H and O–H groups in total. The van der Waals surface area contributed by atoms with Crippen LogP contribution in [0.25, 0.3) is 22.3 Å². The third kappa shape index (κ3) is 5.80. The standard InChI is InChI=1S/C19H16F6N6O2.C7H12FN/c1-7-5-9(26)27-14(11(7)19(23,24)25)15-12(22)13-10-16(30-18(29-13)32-2)31(6-8(20)21)3-4-33-17(10)28-15;8-6-4-7-2-1-3-9(7)5-6/h5,8H,3-4,6H2,1-2H3,(H2,26,27);6-7H,1-5H2. The first-order chi connectivity index (χ1) is 19.9. The Morgan fingerprint density at radius 2 is 1.90 bits per heavy atom. The number of nitrogens with zero attached hydrogens (tertiary/aromatic N) is 6. The molecule has 16 heteroatoms. The van der Waals surface area contributed by atoms with E-state index < -0.39 is 53.6 Å². The summed E-state index contributed by atoms with van der Waals surface area (Å²) in [7, 11) is 1.17. The Morgan fingerprint density at radius 1 is 1.14 bits per heavy atom. The van der Waals surface area contributed by atoms with Gasteiger partial charge in [0.15, 0.2) is 5.82 Å². The molecule has 3 aromatic heterocycles. The highest BCUT2D eigenvalue weighted by molar-refractivity contribution is 5.97. The third-order valence-electron chi connectivity index (χ3n) is 7.36. The Kier molecular flexibility index (Phi) is 8.18. The van der Waals surface area contributed by atoms with Crippen molar-refractivity contribution in [3.05, 3.63) is 23.0 Å². The van der Waals surface area contributed by atoms with Crippen molar-refractivity contribution in [2.24, 2.45) is 0 Å². The second-order valence-corrected chi connectivity index (χ2v) is 10.2. The van der Waals surface area contributed by atoms with Crippen LogP contribution in [0, 0.1) is 12.7 Å². The largest absolute Gasteiger partial charge is 0.475 e. The zero-order chi connectivity index (χ0) is 30.3. The van der Waals surface area contributed by atoms with Crippen molar-refractivity contribution in [1.29, 1.82) is 0 Å². The highest BCUT2D eigenvalue weighted by atomic mass is 19.4. The maximum Gasteiger partial charge on any atom is 0.418 e. The van der Waals surface area contributed by atoms with Crippen molar-refractivity contribution in [3.63, 3.8) is 0 Å². The number of rotatable bonds is 4. The van der Waals surface area contributed by atoms with Gasteiger partial charge in [0.2, 0.25) is 5.88 Å². The molecule has 3 aliphatic heterocycles. The van der Waals surface area contributed by atoms with Crippen molar-refractivity contribution in [2.75, 3.05) is 50.5 Å². The molecule has 0 aromatic carbocycles. The van der Waals surface area contributed by atoms with Crippen molar-refractivity contribution in [2.45, 2.75) is 51.0 Å². The average molecular weight is 604 g/mol. The molecule has 3 aliphatic rings. The summed E-state index contributed by atoms with van der Waals surface area (Å²) in [5.74, 6) is -2.05. The fraction of sp³-hybridized carbons (Fsp3) is 0.538. The first-order valence-electron chi connectivity index (χ1n) is 13.2. The number of anilines is 2. The third-order valence-corrected chi connectivity index (χ3v) is 7.36. The minimum atomic E-state index is -4.90. The lowest BCUT2D eigenvalue weighted by atomic mass is 10.0. The number of methoxy groups -OCH3 is 1. The van der Waals surface area contributed by atoms with E-state index in [1.807, 2.05) is 0 Å². The van der Waals surface area contributed by atoms with Gasteiger partial charge in [-0.1, -0.05) is 0 Å². The fourth-order valence-electron chi connectivity index (χ4n) is 5.64.